The molecule has 0 spiro atoms. The summed E-state index contributed by atoms with van der Waals surface area (Å²) in [6, 6.07) is 5.25. The Balaban J connectivity index is 0.00000484. The number of unbranched alkanes of at least 4 members (excludes halogenated alkanes) is 5. The predicted octanol–water partition coefficient (Wildman–Crippen LogP) is 4.59. The molecule has 0 aromatic heterocycles. The Bertz CT molecular complexity index is 446. The molecule has 23 heavy (non-hydrogen) atoms. The van der Waals surface area contributed by atoms with Crippen LogP contribution in [0.5, 0.6) is 11.5 Å². The van der Waals surface area contributed by atoms with Gasteiger partial charge in [0.15, 0.2) is 0 Å². The number of phenols is 1. The fraction of sp³-hybridized carbons (Fsp3) is 0.579. The number of phenolic OH excluding ortho intramolecular Hbond substituents is 1. The summed E-state index contributed by atoms with van der Waals surface area (Å²) in [4.78, 5) is 0. The number of aromatic hydroxyl groups is 1. The molecular formula is C19H29O3Tm-. The quantitative estimate of drug-likeness (QED) is 0.365. The van der Waals surface area contributed by atoms with Crippen molar-refractivity contribution in [2.24, 2.45) is 0 Å². The van der Waals surface area contributed by atoms with Gasteiger partial charge in [0.2, 0.25) is 0 Å². The second-order valence-electron chi connectivity index (χ2n) is 5.59. The van der Waals surface area contributed by atoms with Gasteiger partial charge in [0.25, 0.3) is 0 Å². The molecule has 4 heteroatoms. The molecule has 1 aromatic carbocycles. The Labute approximate surface area is 169 Å². The van der Waals surface area contributed by atoms with Crippen molar-refractivity contribution >= 4 is 0 Å². The third-order valence-electron chi connectivity index (χ3n) is 3.69. The molecule has 0 aliphatic carbocycles. The van der Waals surface area contributed by atoms with Crippen LogP contribution in [0, 0.1) is 43.0 Å². The number of rotatable bonds is 11. The molecule has 0 heterocycles. The summed E-state index contributed by atoms with van der Waals surface area (Å²) in [7, 11) is 0. The van der Waals surface area contributed by atoms with Crippen LogP contribution in [0.25, 0.3) is 0 Å². The Morgan fingerprint density at radius 3 is 2.43 bits per heavy atom. The predicted molar refractivity (Wildman–Crippen MR) is 90.3 cm³/mol. The summed E-state index contributed by atoms with van der Waals surface area (Å²) in [5.74, 6) is 1.20. The molecule has 0 aliphatic rings. The maximum Gasteiger partial charge on any atom is 0.120 e. The van der Waals surface area contributed by atoms with Gasteiger partial charge in [-0.2, -0.15) is 0 Å². The van der Waals surface area contributed by atoms with Crippen molar-refractivity contribution < 1.29 is 51.8 Å². The molecule has 1 unspecified atom stereocenters. The largest absolute Gasteiger partial charge is 0.508 e. The summed E-state index contributed by atoms with van der Waals surface area (Å²) in [5, 5.41) is 18.4. The van der Waals surface area contributed by atoms with Crippen molar-refractivity contribution in [1.29, 1.82) is 0 Å². The Kier molecular flexibility index (Phi) is 14.0. The van der Waals surface area contributed by atoms with E-state index in [0.717, 1.165) is 37.0 Å². The van der Waals surface area contributed by atoms with Gasteiger partial charge in [-0.3, -0.25) is 6.08 Å². The van der Waals surface area contributed by atoms with E-state index >= 15 is 0 Å². The van der Waals surface area contributed by atoms with Crippen LogP contribution in [0.4, 0.5) is 0 Å². The molecule has 0 saturated heterocycles. The second-order valence-corrected chi connectivity index (χ2v) is 5.59. The molecule has 0 amide bonds. The van der Waals surface area contributed by atoms with E-state index in [1.54, 1.807) is 12.1 Å². The zero-order valence-electron chi connectivity index (χ0n) is 14.1. The van der Waals surface area contributed by atoms with E-state index in [4.69, 9.17) is 9.84 Å². The minimum atomic E-state index is 0. The molecule has 0 fully saturated rings. The van der Waals surface area contributed by atoms with Gasteiger partial charge in [-0.05, 0) is 36.6 Å². The Hall–Kier alpha value is -0.246. The van der Waals surface area contributed by atoms with Crippen LogP contribution >= 0.6 is 0 Å². The number of aliphatic hydroxyl groups excluding tert-OH is 1. The minimum absolute atomic E-state index is 0. The molecule has 1 aromatic rings. The maximum atomic E-state index is 9.66. The normalized spacial score (nSPS) is 12.1. The minimum Gasteiger partial charge on any atom is -0.508 e. The fourth-order valence-corrected chi connectivity index (χ4v) is 2.45. The number of hydrogen-bond donors (Lipinski definition) is 2. The number of benzene rings is 1. The van der Waals surface area contributed by atoms with Gasteiger partial charge < -0.3 is 21.0 Å². The first-order chi connectivity index (χ1) is 10.7. The van der Waals surface area contributed by atoms with E-state index in [1.165, 1.54) is 12.8 Å². The molecule has 1 rings (SSSR count). The van der Waals surface area contributed by atoms with Gasteiger partial charge in [0, 0.05) is 43.5 Å². The summed E-state index contributed by atoms with van der Waals surface area (Å²) in [5.41, 5.74) is 0.973. The van der Waals surface area contributed by atoms with Crippen molar-refractivity contribution in [2.45, 2.75) is 58.3 Å². The van der Waals surface area contributed by atoms with E-state index in [0.29, 0.717) is 13.2 Å². The molecule has 0 aliphatic heterocycles. The van der Waals surface area contributed by atoms with Crippen LogP contribution < -0.4 is 4.74 Å². The van der Waals surface area contributed by atoms with Crippen LogP contribution in [0.3, 0.4) is 0 Å². The number of ether oxygens (including phenoxy) is 1. The Morgan fingerprint density at radius 1 is 1.13 bits per heavy atom. The fourth-order valence-electron chi connectivity index (χ4n) is 2.45. The molecule has 0 saturated carbocycles. The summed E-state index contributed by atoms with van der Waals surface area (Å²) < 4.78 is 5.88. The van der Waals surface area contributed by atoms with Gasteiger partial charge in [-0.1, -0.05) is 39.5 Å². The van der Waals surface area contributed by atoms with Crippen LogP contribution in [0.1, 0.15) is 63.9 Å². The first kappa shape index (κ1) is 22.8. The van der Waals surface area contributed by atoms with Gasteiger partial charge in [-0.15, -0.1) is 5.92 Å². The van der Waals surface area contributed by atoms with Gasteiger partial charge >= 0.3 is 0 Å². The average molecular weight is 474 g/mol. The standard InChI is InChI=1S/C19H29O3.Tm/c1-3-10-16(2)18-15-17(21)11-12-19(18)22-14-9-7-5-4-6-8-13-20;/h3,11-12,15-16,20-21H,4-9,13-14H2,1-2H3;/q-1;. The topological polar surface area (TPSA) is 49.7 Å². The Morgan fingerprint density at radius 2 is 1.78 bits per heavy atom. The third kappa shape index (κ3) is 9.59. The second kappa shape index (κ2) is 14.1. The van der Waals surface area contributed by atoms with Gasteiger partial charge in [-0.25, -0.2) is 0 Å². The van der Waals surface area contributed by atoms with Gasteiger partial charge in [0.05, 0.1) is 6.61 Å². The summed E-state index contributed by atoms with van der Waals surface area (Å²) >= 11 is 0. The van der Waals surface area contributed by atoms with Crippen molar-refractivity contribution in [3.8, 4) is 11.5 Å². The van der Waals surface area contributed by atoms with E-state index in [1.807, 2.05) is 26.0 Å². The SMILES string of the molecule is CC=[C-]C(C)c1cc(O)ccc1OCCCCCCCCO.[Tm]. The molecule has 137 valence electrons. The smallest absolute Gasteiger partial charge is 0.120 e. The molecule has 1 atom stereocenters. The summed E-state index contributed by atoms with van der Waals surface area (Å²) in [6.45, 7) is 4.98. The van der Waals surface area contributed by atoms with Gasteiger partial charge in [0.1, 0.15) is 11.5 Å². The zero-order chi connectivity index (χ0) is 16.2. The zero-order valence-corrected chi connectivity index (χ0v) is 15.9. The first-order valence-electron chi connectivity index (χ1n) is 8.29. The van der Waals surface area contributed by atoms with Crippen molar-refractivity contribution in [3.63, 3.8) is 0 Å². The van der Waals surface area contributed by atoms with E-state index in [-0.39, 0.29) is 48.5 Å². The molecule has 2 N–H and O–H groups in total. The number of allylic oxidation sites excluding steroid dienone is 2. The average Bonchev–Trinajstić information content (AvgIpc) is 2.51. The van der Waals surface area contributed by atoms with Crippen LogP contribution in [-0.4, -0.2) is 23.4 Å². The number of hydrogen-bond acceptors (Lipinski definition) is 3. The van der Waals surface area contributed by atoms with Crippen LogP contribution in [0.2, 0.25) is 0 Å². The van der Waals surface area contributed by atoms with Crippen LogP contribution in [-0.2, 0) is 0 Å². The molecule has 0 bridgehead atoms. The maximum absolute atomic E-state index is 9.66. The molecule has 1 radical (unpaired) electrons. The van der Waals surface area contributed by atoms with Crippen LogP contribution in [0.15, 0.2) is 24.3 Å². The van der Waals surface area contributed by atoms with E-state index < -0.39 is 0 Å². The van der Waals surface area contributed by atoms with E-state index in [9.17, 15) is 5.11 Å². The molecule has 3 nitrogen and oxygen atoms in total. The van der Waals surface area contributed by atoms with Crippen molar-refractivity contribution in [3.05, 3.63) is 35.9 Å². The van der Waals surface area contributed by atoms with E-state index in [2.05, 4.69) is 6.08 Å². The molecular weight excluding hydrogens is 445 g/mol. The third-order valence-corrected chi connectivity index (χ3v) is 3.69. The first-order valence-corrected chi connectivity index (χ1v) is 8.29. The van der Waals surface area contributed by atoms with Crippen molar-refractivity contribution in [2.75, 3.05) is 13.2 Å². The van der Waals surface area contributed by atoms with Crippen molar-refractivity contribution in [1.82, 2.24) is 0 Å². The number of aliphatic hydroxyl groups is 1. The monoisotopic (exact) mass is 474 g/mol. The summed E-state index contributed by atoms with van der Waals surface area (Å²) in [6.07, 6.45) is 11.7.